The fourth-order valence-electron chi connectivity index (χ4n) is 0.834. The molecule has 1 heterocycles. The van der Waals surface area contributed by atoms with Crippen LogP contribution in [0.4, 0.5) is 0 Å². The van der Waals surface area contributed by atoms with Gasteiger partial charge in [-0.05, 0) is 7.05 Å². The van der Waals surface area contributed by atoms with Crippen LogP contribution < -0.4 is 16.0 Å². The lowest BCUT2D eigenvalue weighted by Crippen LogP contribution is -2.56. The van der Waals surface area contributed by atoms with Gasteiger partial charge in [-0.15, -0.1) is 0 Å². The van der Waals surface area contributed by atoms with Crippen LogP contribution >= 0.6 is 0 Å². The Morgan fingerprint density at radius 2 is 2.22 bits per heavy atom. The van der Waals surface area contributed by atoms with Crippen LogP contribution in [0.15, 0.2) is 0 Å². The monoisotopic (exact) mass is 129 g/mol. The maximum atomic E-state index is 3.40. The summed E-state index contributed by atoms with van der Waals surface area (Å²) in [6.45, 7) is 4.44. The van der Waals surface area contributed by atoms with Crippen molar-refractivity contribution < 1.29 is 0 Å². The molecule has 1 aliphatic rings. The molecule has 3 nitrogen and oxygen atoms in total. The average molecular weight is 129 g/mol. The van der Waals surface area contributed by atoms with Crippen molar-refractivity contribution in [3.63, 3.8) is 0 Å². The number of nitrogens with one attached hydrogen (secondary N) is 3. The lowest BCUT2D eigenvalue weighted by molar-refractivity contribution is 0.367. The summed E-state index contributed by atoms with van der Waals surface area (Å²) >= 11 is 0. The van der Waals surface area contributed by atoms with E-state index in [0.29, 0.717) is 0 Å². The minimum absolute atomic E-state index is 0.735. The van der Waals surface area contributed by atoms with Crippen molar-refractivity contribution in [2.45, 2.75) is 6.04 Å². The molecular formula is C6H15N3. The van der Waals surface area contributed by atoms with Crippen LogP contribution in [0.5, 0.6) is 0 Å². The minimum atomic E-state index is 0.735. The van der Waals surface area contributed by atoms with E-state index in [0.717, 1.165) is 32.2 Å². The smallest absolute Gasteiger partial charge is 0.0318 e. The van der Waals surface area contributed by atoms with Gasteiger partial charge < -0.3 is 16.0 Å². The summed E-state index contributed by atoms with van der Waals surface area (Å²) in [7, 11) is 1.97. The highest BCUT2D eigenvalue weighted by atomic mass is 15.1. The molecule has 0 aliphatic carbocycles. The molecule has 1 rings (SSSR count). The van der Waals surface area contributed by atoms with Crippen LogP contribution in [0.3, 0.4) is 0 Å². The standard InChI is InChI=1S/C6H15N3/c1-7-2-3-9-6-4-8-5-6/h6-9H,2-5H2,1H3. The van der Waals surface area contributed by atoms with Gasteiger partial charge in [0.15, 0.2) is 0 Å². The summed E-state index contributed by atoms with van der Waals surface area (Å²) < 4.78 is 0. The van der Waals surface area contributed by atoms with Crippen LogP contribution in [0.1, 0.15) is 0 Å². The van der Waals surface area contributed by atoms with Gasteiger partial charge in [0.25, 0.3) is 0 Å². The molecule has 1 fully saturated rings. The number of rotatable bonds is 4. The number of hydrogen-bond donors (Lipinski definition) is 3. The lowest BCUT2D eigenvalue weighted by atomic mass is 10.2. The third kappa shape index (κ3) is 2.30. The molecule has 0 radical (unpaired) electrons. The molecule has 0 aromatic rings. The molecule has 0 unspecified atom stereocenters. The third-order valence-corrected chi connectivity index (χ3v) is 1.59. The van der Waals surface area contributed by atoms with Crippen molar-refractivity contribution in [2.24, 2.45) is 0 Å². The first-order valence-corrected chi connectivity index (χ1v) is 3.52. The van der Waals surface area contributed by atoms with Gasteiger partial charge >= 0.3 is 0 Å². The third-order valence-electron chi connectivity index (χ3n) is 1.59. The van der Waals surface area contributed by atoms with Crippen molar-refractivity contribution >= 4 is 0 Å². The van der Waals surface area contributed by atoms with Crippen molar-refractivity contribution in [1.29, 1.82) is 0 Å². The van der Waals surface area contributed by atoms with E-state index in [2.05, 4.69) is 16.0 Å². The Kier molecular flexibility index (Phi) is 2.97. The van der Waals surface area contributed by atoms with Gasteiger partial charge in [-0.2, -0.15) is 0 Å². The Hall–Kier alpha value is -0.120. The first-order valence-electron chi connectivity index (χ1n) is 3.52. The molecule has 0 bridgehead atoms. The molecule has 3 N–H and O–H groups in total. The van der Waals surface area contributed by atoms with Gasteiger partial charge in [0, 0.05) is 32.2 Å². The van der Waals surface area contributed by atoms with Crippen LogP contribution in [0, 0.1) is 0 Å². The predicted octanol–water partition coefficient (Wildman–Crippen LogP) is -1.23. The van der Waals surface area contributed by atoms with E-state index in [-0.39, 0.29) is 0 Å². The van der Waals surface area contributed by atoms with E-state index in [1.165, 1.54) is 0 Å². The predicted molar refractivity (Wildman–Crippen MR) is 38.6 cm³/mol. The Morgan fingerprint density at radius 3 is 2.67 bits per heavy atom. The van der Waals surface area contributed by atoms with Crippen LogP contribution in [0.2, 0.25) is 0 Å². The Morgan fingerprint density at radius 1 is 1.44 bits per heavy atom. The van der Waals surface area contributed by atoms with Crippen molar-refractivity contribution in [3.05, 3.63) is 0 Å². The zero-order valence-electron chi connectivity index (χ0n) is 5.91. The molecule has 1 aliphatic heterocycles. The zero-order valence-corrected chi connectivity index (χ0v) is 5.91. The van der Waals surface area contributed by atoms with E-state index in [9.17, 15) is 0 Å². The van der Waals surface area contributed by atoms with E-state index in [1.54, 1.807) is 0 Å². The number of likely N-dealkylation sites (N-methyl/N-ethyl adjacent to an activating group) is 1. The molecule has 0 spiro atoms. The molecule has 54 valence electrons. The zero-order chi connectivity index (χ0) is 6.53. The highest BCUT2D eigenvalue weighted by molar-refractivity contribution is 4.81. The normalized spacial score (nSPS) is 19.7. The summed E-state index contributed by atoms with van der Waals surface area (Å²) in [5.41, 5.74) is 0. The Labute approximate surface area is 56.2 Å². The molecule has 0 amide bonds. The first kappa shape index (κ1) is 6.99. The summed E-state index contributed by atoms with van der Waals surface area (Å²) in [5.74, 6) is 0. The van der Waals surface area contributed by atoms with Crippen molar-refractivity contribution in [1.82, 2.24) is 16.0 Å². The maximum Gasteiger partial charge on any atom is 0.0318 e. The fraction of sp³-hybridized carbons (Fsp3) is 1.00. The van der Waals surface area contributed by atoms with Crippen LogP contribution in [-0.2, 0) is 0 Å². The topological polar surface area (TPSA) is 36.1 Å². The SMILES string of the molecule is CNCCNC1CNC1. The lowest BCUT2D eigenvalue weighted by Gasteiger charge is -2.27. The molecule has 0 aromatic carbocycles. The number of hydrogen-bond acceptors (Lipinski definition) is 3. The molecular weight excluding hydrogens is 114 g/mol. The summed E-state index contributed by atoms with van der Waals surface area (Å²) in [6.07, 6.45) is 0. The highest BCUT2D eigenvalue weighted by Crippen LogP contribution is 1.87. The summed E-state index contributed by atoms with van der Waals surface area (Å²) in [6, 6.07) is 0.735. The highest BCUT2D eigenvalue weighted by Gasteiger charge is 2.13. The van der Waals surface area contributed by atoms with Crippen LogP contribution in [-0.4, -0.2) is 39.3 Å². The fourth-order valence-corrected chi connectivity index (χ4v) is 0.834. The molecule has 9 heavy (non-hydrogen) atoms. The van der Waals surface area contributed by atoms with Gasteiger partial charge in [0.1, 0.15) is 0 Å². The molecule has 1 saturated heterocycles. The van der Waals surface area contributed by atoms with Gasteiger partial charge in [-0.1, -0.05) is 0 Å². The Balaban J connectivity index is 1.80. The summed E-state index contributed by atoms with van der Waals surface area (Å²) in [5, 5.41) is 9.69. The average Bonchev–Trinajstić information content (AvgIpc) is 1.76. The molecule has 0 saturated carbocycles. The quantitative estimate of drug-likeness (QED) is 0.416. The maximum absolute atomic E-state index is 3.40. The van der Waals surface area contributed by atoms with E-state index in [1.807, 2.05) is 7.05 Å². The second-order valence-electron chi connectivity index (χ2n) is 2.41. The Bertz CT molecular complexity index is 70.7. The van der Waals surface area contributed by atoms with E-state index < -0.39 is 0 Å². The van der Waals surface area contributed by atoms with E-state index >= 15 is 0 Å². The molecule has 0 aromatic heterocycles. The molecule has 3 heteroatoms. The molecule has 0 atom stereocenters. The van der Waals surface area contributed by atoms with Crippen molar-refractivity contribution in [2.75, 3.05) is 33.2 Å². The van der Waals surface area contributed by atoms with Crippen LogP contribution in [0.25, 0.3) is 0 Å². The van der Waals surface area contributed by atoms with Gasteiger partial charge in [0.2, 0.25) is 0 Å². The van der Waals surface area contributed by atoms with Gasteiger partial charge in [-0.25, -0.2) is 0 Å². The second kappa shape index (κ2) is 3.82. The largest absolute Gasteiger partial charge is 0.318 e. The van der Waals surface area contributed by atoms with Crippen molar-refractivity contribution in [3.8, 4) is 0 Å². The van der Waals surface area contributed by atoms with E-state index in [4.69, 9.17) is 0 Å². The second-order valence-corrected chi connectivity index (χ2v) is 2.41. The summed E-state index contributed by atoms with van der Waals surface area (Å²) in [4.78, 5) is 0. The minimum Gasteiger partial charge on any atom is -0.318 e. The van der Waals surface area contributed by atoms with Gasteiger partial charge in [-0.3, -0.25) is 0 Å². The van der Waals surface area contributed by atoms with Gasteiger partial charge in [0.05, 0.1) is 0 Å². The first-order chi connectivity index (χ1) is 4.43.